The third-order valence-electron chi connectivity index (χ3n) is 4.78. The first-order valence-electron chi connectivity index (χ1n) is 6.94. The number of amides is 1. The van der Waals surface area contributed by atoms with Gasteiger partial charge in [0.2, 0.25) is 5.91 Å². The largest absolute Gasteiger partial charge is 0.381 e. The highest BCUT2D eigenvalue weighted by atomic mass is 16.5. The Morgan fingerprint density at radius 3 is 2.44 bits per heavy atom. The number of carbonyl (C=O) groups excluding carboxylic acids is 1. The van der Waals surface area contributed by atoms with E-state index in [1.54, 1.807) is 0 Å². The lowest BCUT2D eigenvalue weighted by atomic mass is 9.67. The molecule has 4 nitrogen and oxygen atoms in total. The highest BCUT2D eigenvalue weighted by Gasteiger charge is 2.42. The molecule has 1 aliphatic heterocycles. The quantitative estimate of drug-likeness (QED) is 0.830. The minimum Gasteiger partial charge on any atom is -0.381 e. The van der Waals surface area contributed by atoms with Crippen molar-refractivity contribution in [3.8, 4) is 6.07 Å². The molecule has 0 aromatic carbocycles. The van der Waals surface area contributed by atoms with E-state index in [2.05, 4.69) is 18.3 Å². The zero-order chi connectivity index (χ0) is 13.1. The van der Waals surface area contributed by atoms with Crippen LogP contribution in [0.25, 0.3) is 0 Å². The minimum atomic E-state index is -0.850. The van der Waals surface area contributed by atoms with Crippen LogP contribution in [0.3, 0.4) is 0 Å². The molecule has 1 heterocycles. The lowest BCUT2D eigenvalue weighted by Gasteiger charge is -2.42. The summed E-state index contributed by atoms with van der Waals surface area (Å²) in [5, 5.41) is 12.3. The summed E-state index contributed by atoms with van der Waals surface area (Å²) >= 11 is 0. The van der Waals surface area contributed by atoms with Crippen LogP contribution < -0.4 is 5.32 Å². The molecule has 0 aromatic heterocycles. The van der Waals surface area contributed by atoms with Crippen LogP contribution in [0.2, 0.25) is 0 Å². The Hall–Kier alpha value is -1.08. The monoisotopic (exact) mass is 250 g/mol. The molecule has 1 saturated heterocycles. The maximum absolute atomic E-state index is 12.3. The highest BCUT2D eigenvalue weighted by Crippen LogP contribution is 2.43. The Labute approximate surface area is 109 Å². The Morgan fingerprint density at radius 2 is 2.00 bits per heavy atom. The third-order valence-corrected chi connectivity index (χ3v) is 4.78. The third kappa shape index (κ3) is 2.37. The molecule has 1 saturated carbocycles. The van der Waals surface area contributed by atoms with E-state index in [4.69, 9.17) is 4.74 Å². The van der Waals surface area contributed by atoms with Crippen molar-refractivity contribution in [1.29, 1.82) is 5.26 Å². The van der Waals surface area contributed by atoms with Gasteiger partial charge in [-0.15, -0.1) is 0 Å². The highest BCUT2D eigenvalue weighted by molar-refractivity contribution is 5.85. The molecule has 0 bridgehead atoms. The van der Waals surface area contributed by atoms with E-state index in [1.807, 2.05) is 0 Å². The maximum Gasteiger partial charge on any atom is 0.240 e. The molecular weight excluding hydrogens is 228 g/mol. The van der Waals surface area contributed by atoms with E-state index in [1.165, 1.54) is 19.3 Å². The van der Waals surface area contributed by atoms with Crippen LogP contribution in [0.4, 0.5) is 0 Å². The van der Waals surface area contributed by atoms with Gasteiger partial charge in [0.05, 0.1) is 6.07 Å². The Morgan fingerprint density at radius 1 is 1.33 bits per heavy atom. The summed E-state index contributed by atoms with van der Waals surface area (Å²) in [6, 6.07) is 2.22. The number of nitrogens with zero attached hydrogens (tertiary/aromatic N) is 1. The smallest absolute Gasteiger partial charge is 0.240 e. The van der Waals surface area contributed by atoms with Gasteiger partial charge in [-0.25, -0.2) is 0 Å². The normalized spacial score (nSPS) is 24.7. The van der Waals surface area contributed by atoms with Gasteiger partial charge in [0, 0.05) is 19.8 Å². The molecule has 0 radical (unpaired) electrons. The molecule has 0 atom stereocenters. The molecule has 2 rings (SSSR count). The number of nitrogens with one attached hydrogen (secondary N) is 1. The van der Waals surface area contributed by atoms with Gasteiger partial charge in [-0.1, -0.05) is 13.3 Å². The Bertz CT molecular complexity index is 344. The average Bonchev–Trinajstić information content (AvgIpc) is 2.38. The molecule has 2 fully saturated rings. The molecule has 0 spiro atoms. The van der Waals surface area contributed by atoms with Gasteiger partial charge < -0.3 is 10.1 Å². The van der Waals surface area contributed by atoms with Gasteiger partial charge >= 0.3 is 0 Å². The number of hydrogen-bond acceptors (Lipinski definition) is 3. The second-order valence-electron chi connectivity index (χ2n) is 5.70. The zero-order valence-electron chi connectivity index (χ0n) is 11.1. The van der Waals surface area contributed by atoms with Crippen molar-refractivity contribution >= 4 is 5.91 Å². The number of nitriles is 1. The first-order chi connectivity index (χ1) is 8.66. The van der Waals surface area contributed by atoms with Crippen LogP contribution in [-0.2, 0) is 9.53 Å². The van der Waals surface area contributed by atoms with Crippen LogP contribution in [-0.4, -0.2) is 25.7 Å². The average molecular weight is 250 g/mol. The van der Waals surface area contributed by atoms with Crippen LogP contribution in [0.15, 0.2) is 0 Å². The fraction of sp³-hybridized carbons (Fsp3) is 0.857. The van der Waals surface area contributed by atoms with Gasteiger partial charge in [-0.3, -0.25) is 4.79 Å². The summed E-state index contributed by atoms with van der Waals surface area (Å²) < 4.78 is 5.24. The summed E-state index contributed by atoms with van der Waals surface area (Å²) in [4.78, 5) is 12.3. The molecule has 1 aliphatic carbocycles. The summed E-state index contributed by atoms with van der Waals surface area (Å²) in [6.07, 6.45) is 5.82. The molecule has 100 valence electrons. The van der Waals surface area contributed by atoms with Crippen LogP contribution in [0.5, 0.6) is 0 Å². The predicted octanol–water partition coefficient (Wildman–Crippen LogP) is 2.00. The van der Waals surface area contributed by atoms with Crippen molar-refractivity contribution < 1.29 is 9.53 Å². The lowest BCUT2D eigenvalue weighted by molar-refractivity contribution is -0.133. The SMILES string of the molecule is CCC1(CNC(=O)C2(C#N)CCOCC2)CCC1. The summed E-state index contributed by atoms with van der Waals surface area (Å²) in [5.41, 5.74) is -0.547. The molecule has 4 heteroatoms. The van der Waals surface area contributed by atoms with E-state index in [-0.39, 0.29) is 5.91 Å². The van der Waals surface area contributed by atoms with Crippen LogP contribution in [0.1, 0.15) is 45.4 Å². The first-order valence-corrected chi connectivity index (χ1v) is 6.94. The van der Waals surface area contributed by atoms with E-state index >= 15 is 0 Å². The molecular formula is C14H22N2O2. The molecule has 2 aliphatic rings. The minimum absolute atomic E-state index is 0.0898. The maximum atomic E-state index is 12.3. The standard InChI is InChI=1S/C14H22N2O2/c1-2-13(4-3-5-13)11-16-12(17)14(10-15)6-8-18-9-7-14/h2-9,11H2,1H3,(H,16,17). The Kier molecular flexibility index (Phi) is 3.91. The van der Waals surface area contributed by atoms with E-state index in [9.17, 15) is 10.1 Å². The fourth-order valence-electron chi connectivity index (χ4n) is 2.88. The summed E-state index contributed by atoms with van der Waals surface area (Å²) in [6.45, 7) is 3.94. The number of rotatable bonds is 4. The van der Waals surface area contributed by atoms with Crippen LogP contribution >= 0.6 is 0 Å². The molecule has 0 aromatic rings. The summed E-state index contributed by atoms with van der Waals surface area (Å²) in [5.74, 6) is -0.0898. The predicted molar refractivity (Wildman–Crippen MR) is 67.7 cm³/mol. The second kappa shape index (κ2) is 5.27. The van der Waals surface area contributed by atoms with Crippen LogP contribution in [0, 0.1) is 22.2 Å². The second-order valence-corrected chi connectivity index (χ2v) is 5.70. The van der Waals surface area contributed by atoms with Crippen molar-refractivity contribution in [1.82, 2.24) is 5.32 Å². The van der Waals surface area contributed by atoms with Crippen molar-refractivity contribution in [2.45, 2.75) is 45.4 Å². The van der Waals surface area contributed by atoms with E-state index in [0.717, 1.165) is 13.0 Å². The van der Waals surface area contributed by atoms with Crippen molar-refractivity contribution in [2.24, 2.45) is 10.8 Å². The summed E-state index contributed by atoms with van der Waals surface area (Å²) in [7, 11) is 0. The molecule has 0 unspecified atom stereocenters. The molecule has 1 amide bonds. The molecule has 1 N–H and O–H groups in total. The fourth-order valence-corrected chi connectivity index (χ4v) is 2.88. The van der Waals surface area contributed by atoms with Gasteiger partial charge in [-0.05, 0) is 37.5 Å². The van der Waals surface area contributed by atoms with Crippen molar-refractivity contribution in [2.75, 3.05) is 19.8 Å². The van der Waals surface area contributed by atoms with Gasteiger partial charge in [0.25, 0.3) is 0 Å². The van der Waals surface area contributed by atoms with Gasteiger partial charge in [-0.2, -0.15) is 5.26 Å². The van der Waals surface area contributed by atoms with Gasteiger partial charge in [0.15, 0.2) is 0 Å². The topological polar surface area (TPSA) is 62.1 Å². The first kappa shape index (κ1) is 13.4. The number of carbonyl (C=O) groups is 1. The van der Waals surface area contributed by atoms with Gasteiger partial charge in [0.1, 0.15) is 5.41 Å². The Balaban J connectivity index is 1.92. The lowest BCUT2D eigenvalue weighted by Crippen LogP contribution is -2.48. The number of ether oxygens (including phenoxy) is 1. The van der Waals surface area contributed by atoms with E-state index < -0.39 is 5.41 Å². The van der Waals surface area contributed by atoms with Crippen molar-refractivity contribution in [3.05, 3.63) is 0 Å². The van der Waals surface area contributed by atoms with Crippen molar-refractivity contribution in [3.63, 3.8) is 0 Å². The zero-order valence-corrected chi connectivity index (χ0v) is 11.1. The van der Waals surface area contributed by atoms with E-state index in [0.29, 0.717) is 31.5 Å². The number of hydrogen-bond donors (Lipinski definition) is 1. The molecule has 18 heavy (non-hydrogen) atoms.